The van der Waals surface area contributed by atoms with E-state index in [0.717, 1.165) is 26.4 Å². The highest BCUT2D eigenvalue weighted by Gasteiger charge is 2.26. The van der Waals surface area contributed by atoms with E-state index >= 15 is 0 Å². The topological polar surface area (TPSA) is 114 Å². The molecule has 0 spiro atoms. The van der Waals surface area contributed by atoms with Gasteiger partial charge in [0.05, 0.1) is 6.04 Å². The molecule has 1 aliphatic carbocycles. The Hall–Kier alpha value is -1.47. The predicted octanol–water partition coefficient (Wildman–Crippen LogP) is -0.681. The first-order valence-corrected chi connectivity index (χ1v) is 5.47. The summed E-state index contributed by atoms with van der Waals surface area (Å²) < 4.78 is 1.68. The molecular formula is C10H18N4O3. The number of hydrogen-bond donors (Lipinski definition) is 3. The molecule has 0 aliphatic heterocycles. The number of nitrogens with two attached hydrogens (primary N) is 1. The number of rotatable bonds is 3. The van der Waals surface area contributed by atoms with Crippen molar-refractivity contribution in [1.82, 2.24) is 14.8 Å². The number of carbonyl (C=O) groups is 1. The lowest BCUT2D eigenvalue weighted by Crippen LogP contribution is -2.14. The molecule has 1 amide bonds. The van der Waals surface area contributed by atoms with Crippen molar-refractivity contribution >= 4 is 5.91 Å². The molecule has 0 radical (unpaired) electrons. The van der Waals surface area contributed by atoms with Crippen LogP contribution in [-0.2, 0) is 0 Å². The first-order valence-electron chi connectivity index (χ1n) is 5.47. The molecule has 1 saturated carbocycles. The molecule has 1 aromatic heterocycles. The minimum absolute atomic E-state index is 0.0578. The van der Waals surface area contributed by atoms with Crippen molar-refractivity contribution in [2.24, 2.45) is 11.7 Å². The fourth-order valence-corrected chi connectivity index (χ4v) is 2.02. The van der Waals surface area contributed by atoms with E-state index in [1.54, 1.807) is 4.68 Å². The van der Waals surface area contributed by atoms with E-state index < -0.39 is 5.91 Å². The van der Waals surface area contributed by atoms with Gasteiger partial charge in [-0.05, 0) is 25.2 Å². The van der Waals surface area contributed by atoms with Gasteiger partial charge in [-0.15, -0.1) is 5.10 Å². The molecule has 1 aromatic rings. The van der Waals surface area contributed by atoms with Crippen molar-refractivity contribution in [1.29, 1.82) is 0 Å². The zero-order valence-electron chi connectivity index (χ0n) is 9.78. The minimum atomic E-state index is -0.606. The van der Waals surface area contributed by atoms with Crippen LogP contribution in [0.2, 0.25) is 0 Å². The quantitative estimate of drug-likeness (QED) is 0.649. The molecule has 7 heteroatoms. The van der Waals surface area contributed by atoms with Crippen molar-refractivity contribution in [2.45, 2.75) is 25.3 Å². The number of nitrogens with zero attached hydrogens (tertiary/aromatic N) is 3. The van der Waals surface area contributed by atoms with Crippen molar-refractivity contribution in [3.63, 3.8) is 0 Å². The number of carbonyl (C=O) groups excluding carboxylic acids is 1. The first-order chi connectivity index (χ1) is 8.20. The summed E-state index contributed by atoms with van der Waals surface area (Å²) in [6, 6.07) is 0.239. The van der Waals surface area contributed by atoms with Crippen LogP contribution in [0.3, 0.4) is 0 Å². The van der Waals surface area contributed by atoms with E-state index in [2.05, 4.69) is 10.1 Å². The molecule has 17 heavy (non-hydrogen) atoms. The maximum Gasteiger partial charge on any atom is 0.288 e. The second-order valence-electron chi connectivity index (χ2n) is 3.93. The van der Waals surface area contributed by atoms with Crippen molar-refractivity contribution in [2.75, 3.05) is 13.7 Å². The fraction of sp³-hybridized carbons (Fsp3) is 0.700. The van der Waals surface area contributed by atoms with Gasteiger partial charge in [0.1, 0.15) is 6.33 Å². The average Bonchev–Trinajstić information content (AvgIpc) is 3.00. The zero-order valence-corrected chi connectivity index (χ0v) is 9.78. The van der Waals surface area contributed by atoms with Gasteiger partial charge in [-0.25, -0.2) is 9.67 Å². The highest BCUT2D eigenvalue weighted by molar-refractivity contribution is 5.88. The lowest BCUT2D eigenvalue weighted by atomic mass is 10.1. The minimum Gasteiger partial charge on any atom is -0.400 e. The highest BCUT2D eigenvalue weighted by Crippen LogP contribution is 2.33. The number of primary amides is 1. The molecule has 96 valence electrons. The standard InChI is InChI=1S/C9H14N4O2.CH4O/c10-8(15)9-11-5-13(12-9)7-2-1-6(3-7)4-14;1-2/h5-7,14H,1-4H2,(H2,10,15);2H,1H3. The number of aliphatic hydroxyl groups is 2. The van der Waals surface area contributed by atoms with E-state index in [9.17, 15) is 4.79 Å². The summed E-state index contributed by atoms with van der Waals surface area (Å²) in [5.74, 6) is -0.205. The van der Waals surface area contributed by atoms with Gasteiger partial charge in [-0.1, -0.05) is 0 Å². The third-order valence-corrected chi connectivity index (χ3v) is 2.87. The fourth-order valence-electron chi connectivity index (χ4n) is 2.02. The van der Waals surface area contributed by atoms with Gasteiger partial charge in [-0.2, -0.15) is 0 Å². The Bertz CT molecular complexity index is 366. The molecule has 0 aromatic carbocycles. The van der Waals surface area contributed by atoms with Crippen LogP contribution >= 0.6 is 0 Å². The number of aromatic nitrogens is 3. The molecule has 0 saturated heterocycles. The number of aliphatic hydroxyl groups excluding tert-OH is 2. The van der Waals surface area contributed by atoms with Crippen LogP contribution in [0.5, 0.6) is 0 Å². The molecule has 1 heterocycles. The van der Waals surface area contributed by atoms with E-state index in [4.69, 9.17) is 15.9 Å². The van der Waals surface area contributed by atoms with Gasteiger partial charge in [0.15, 0.2) is 0 Å². The molecule has 0 bridgehead atoms. The largest absolute Gasteiger partial charge is 0.400 e. The first kappa shape index (κ1) is 13.6. The average molecular weight is 242 g/mol. The van der Waals surface area contributed by atoms with Crippen LogP contribution < -0.4 is 5.73 Å². The van der Waals surface area contributed by atoms with Gasteiger partial charge < -0.3 is 15.9 Å². The van der Waals surface area contributed by atoms with E-state index in [-0.39, 0.29) is 18.5 Å². The second-order valence-corrected chi connectivity index (χ2v) is 3.93. The summed E-state index contributed by atoms with van der Waals surface area (Å²) >= 11 is 0. The third kappa shape index (κ3) is 3.24. The maximum atomic E-state index is 10.8. The second kappa shape index (κ2) is 6.31. The Morgan fingerprint density at radius 2 is 2.29 bits per heavy atom. The zero-order chi connectivity index (χ0) is 12.8. The molecule has 2 rings (SSSR count). The van der Waals surface area contributed by atoms with Crippen LogP contribution in [0.1, 0.15) is 35.9 Å². The monoisotopic (exact) mass is 242 g/mol. The third-order valence-electron chi connectivity index (χ3n) is 2.87. The van der Waals surface area contributed by atoms with Gasteiger partial charge in [0.25, 0.3) is 5.91 Å². The summed E-state index contributed by atoms with van der Waals surface area (Å²) in [6.07, 6.45) is 4.38. The van der Waals surface area contributed by atoms with Crippen LogP contribution in [0, 0.1) is 5.92 Å². The molecule has 1 aliphatic rings. The van der Waals surface area contributed by atoms with E-state index in [1.807, 2.05) is 0 Å². The Balaban J connectivity index is 0.000000686. The molecular weight excluding hydrogens is 224 g/mol. The maximum absolute atomic E-state index is 10.8. The smallest absolute Gasteiger partial charge is 0.288 e. The van der Waals surface area contributed by atoms with Crippen molar-refractivity contribution in [3.8, 4) is 0 Å². The van der Waals surface area contributed by atoms with E-state index in [1.165, 1.54) is 6.33 Å². The van der Waals surface area contributed by atoms with Crippen LogP contribution in [0.15, 0.2) is 6.33 Å². The lowest BCUT2D eigenvalue weighted by molar-refractivity contribution is 0.0990. The van der Waals surface area contributed by atoms with Gasteiger partial charge in [0, 0.05) is 13.7 Å². The van der Waals surface area contributed by atoms with Crippen molar-refractivity contribution < 1.29 is 15.0 Å². The van der Waals surface area contributed by atoms with Gasteiger partial charge in [-0.3, -0.25) is 4.79 Å². The molecule has 2 unspecified atom stereocenters. The molecule has 2 atom stereocenters. The van der Waals surface area contributed by atoms with Crippen molar-refractivity contribution in [3.05, 3.63) is 12.2 Å². The van der Waals surface area contributed by atoms with Gasteiger partial charge >= 0.3 is 0 Å². The summed E-state index contributed by atoms with van der Waals surface area (Å²) in [7, 11) is 1.00. The molecule has 4 N–H and O–H groups in total. The molecule has 7 nitrogen and oxygen atoms in total. The van der Waals surface area contributed by atoms with Gasteiger partial charge in [0.2, 0.25) is 5.82 Å². The SMILES string of the molecule is CO.NC(=O)c1ncn(C2CCC(CO)C2)n1. The number of amides is 1. The Labute approximate surface area is 99.3 Å². The Morgan fingerprint density at radius 3 is 2.76 bits per heavy atom. The summed E-state index contributed by atoms with van der Waals surface area (Å²) in [6.45, 7) is 0.216. The summed E-state index contributed by atoms with van der Waals surface area (Å²) in [5.41, 5.74) is 5.06. The van der Waals surface area contributed by atoms with Crippen LogP contribution in [0.25, 0.3) is 0 Å². The van der Waals surface area contributed by atoms with Crippen LogP contribution in [-0.4, -0.2) is 44.6 Å². The molecule has 1 fully saturated rings. The van der Waals surface area contributed by atoms with E-state index in [0.29, 0.717) is 5.92 Å². The number of hydrogen-bond acceptors (Lipinski definition) is 5. The highest BCUT2D eigenvalue weighted by atomic mass is 16.3. The summed E-state index contributed by atoms with van der Waals surface area (Å²) in [5, 5.41) is 20.0. The summed E-state index contributed by atoms with van der Waals surface area (Å²) in [4.78, 5) is 14.6. The predicted molar refractivity (Wildman–Crippen MR) is 60.1 cm³/mol. The Kier molecular flexibility index (Phi) is 5.05. The Morgan fingerprint density at radius 1 is 1.59 bits per heavy atom. The normalized spacial score (nSPS) is 23.0. The lowest BCUT2D eigenvalue weighted by Gasteiger charge is -2.08. The van der Waals surface area contributed by atoms with Crippen LogP contribution in [0.4, 0.5) is 0 Å².